The summed E-state index contributed by atoms with van der Waals surface area (Å²) < 4.78 is 45.0. The molecule has 3 saturated heterocycles. The number of nitrogens with zero attached hydrogens (tertiary/aromatic N) is 5. The van der Waals surface area contributed by atoms with Crippen LogP contribution in [0.5, 0.6) is 11.8 Å². The summed E-state index contributed by atoms with van der Waals surface area (Å²) in [4.78, 5) is 13.9. The number of hydrogen-bond acceptors (Lipinski definition) is 10. The van der Waals surface area contributed by atoms with Gasteiger partial charge >= 0.3 is 6.01 Å². The molecule has 9 nitrogen and oxygen atoms in total. The minimum atomic E-state index is -1.12. The number of piperidine rings is 1. The highest BCUT2D eigenvalue weighted by atomic mass is 35.5. The van der Waals surface area contributed by atoms with Crippen LogP contribution in [0.15, 0.2) is 12.1 Å². The van der Waals surface area contributed by atoms with Gasteiger partial charge in [0.15, 0.2) is 11.6 Å². The average Bonchev–Trinajstić information content (AvgIpc) is 3.62. The lowest BCUT2D eigenvalue weighted by Gasteiger charge is -2.44. The van der Waals surface area contributed by atoms with Crippen molar-refractivity contribution < 1.29 is 23.4 Å². The van der Waals surface area contributed by atoms with E-state index in [0.717, 1.165) is 43.7 Å². The monoisotopic (exact) mass is 666 g/mol. The number of rotatable bonds is 4. The van der Waals surface area contributed by atoms with Crippen LogP contribution in [0.1, 0.15) is 51.5 Å². The molecule has 4 aliphatic rings. The maximum atomic E-state index is 17.1. The first-order chi connectivity index (χ1) is 22.0. The lowest BCUT2D eigenvalue weighted by atomic mass is 9.86. The summed E-state index contributed by atoms with van der Waals surface area (Å²) in [6.45, 7) is 7.03. The minimum Gasteiger partial charge on any atom is -0.489 e. The fourth-order valence-electron chi connectivity index (χ4n) is 8.36. The minimum absolute atomic E-state index is 0.0222. The van der Waals surface area contributed by atoms with Crippen molar-refractivity contribution >= 4 is 54.7 Å². The van der Waals surface area contributed by atoms with Crippen LogP contribution in [0.4, 0.5) is 19.6 Å². The summed E-state index contributed by atoms with van der Waals surface area (Å²) >= 11 is 7.96. The standard InChI is InChI=1S/C33H33ClF2N6O3S/c1-16-11-33(8-4-9-41(33)13-16)15-45-31-39-26-23-27(44-14-20-32(2,43)7-3-10-42(20)30(23)40-31)24(34)22(25(26)36)17-5-6-19(35)28-21(17)18(12-37)29(38)46-28/h5-6,16,20,43H,3-4,7-11,13-15,38H2,1-2H3/t16-,20?,32?,33?/m1/s1. The van der Waals surface area contributed by atoms with E-state index in [-0.39, 0.29) is 71.6 Å². The van der Waals surface area contributed by atoms with Gasteiger partial charge in [0.2, 0.25) is 0 Å². The lowest BCUT2D eigenvalue weighted by molar-refractivity contribution is -0.00671. The second kappa shape index (κ2) is 10.5. The van der Waals surface area contributed by atoms with Gasteiger partial charge in [-0.3, -0.25) is 4.90 Å². The molecule has 3 fully saturated rings. The number of fused-ring (bicyclic) bond motifs is 4. The zero-order valence-corrected chi connectivity index (χ0v) is 27.1. The molecule has 4 aromatic rings. The fourth-order valence-corrected chi connectivity index (χ4v) is 9.64. The Labute approximate surface area is 273 Å². The van der Waals surface area contributed by atoms with Crippen LogP contribution in [0.2, 0.25) is 5.02 Å². The maximum Gasteiger partial charge on any atom is 0.319 e. The van der Waals surface area contributed by atoms with Gasteiger partial charge in [0.25, 0.3) is 0 Å². The van der Waals surface area contributed by atoms with E-state index in [4.69, 9.17) is 31.8 Å². The number of nitrogens with two attached hydrogens (primary N) is 1. The van der Waals surface area contributed by atoms with Crippen LogP contribution in [0.25, 0.3) is 32.1 Å². The van der Waals surface area contributed by atoms with E-state index >= 15 is 4.39 Å². The third kappa shape index (κ3) is 4.28. The molecule has 0 amide bonds. The van der Waals surface area contributed by atoms with E-state index in [9.17, 15) is 14.8 Å². The van der Waals surface area contributed by atoms with Crippen LogP contribution in [0.3, 0.4) is 0 Å². The molecule has 6 heterocycles. The van der Waals surface area contributed by atoms with Gasteiger partial charge in [-0.25, -0.2) is 8.78 Å². The zero-order valence-electron chi connectivity index (χ0n) is 25.5. The Morgan fingerprint density at radius 2 is 2.04 bits per heavy atom. The van der Waals surface area contributed by atoms with E-state index in [1.165, 1.54) is 12.1 Å². The maximum absolute atomic E-state index is 17.1. The third-order valence-electron chi connectivity index (χ3n) is 10.4. The van der Waals surface area contributed by atoms with Crippen LogP contribution in [-0.4, -0.2) is 70.0 Å². The van der Waals surface area contributed by atoms with E-state index in [1.807, 2.05) is 11.0 Å². The van der Waals surface area contributed by atoms with Crippen molar-refractivity contribution in [2.45, 2.75) is 63.1 Å². The van der Waals surface area contributed by atoms with E-state index in [1.54, 1.807) is 6.92 Å². The van der Waals surface area contributed by atoms with Crippen molar-refractivity contribution in [2.24, 2.45) is 5.92 Å². The van der Waals surface area contributed by atoms with Gasteiger partial charge in [0.05, 0.1) is 37.9 Å². The molecule has 8 rings (SSSR count). The highest BCUT2D eigenvalue weighted by molar-refractivity contribution is 7.23. The first-order valence-corrected chi connectivity index (χ1v) is 16.9. The first-order valence-electron chi connectivity index (χ1n) is 15.7. The summed E-state index contributed by atoms with van der Waals surface area (Å²) in [5, 5.41) is 21.9. The zero-order chi connectivity index (χ0) is 32.1. The predicted molar refractivity (Wildman–Crippen MR) is 174 cm³/mol. The molecule has 3 unspecified atom stereocenters. The number of hydrogen-bond donors (Lipinski definition) is 2. The SMILES string of the molecule is C[C@H]1CN2CCCC2(COc2nc3c4c(c(Cl)c(-c5ccc(F)c6sc(N)c(C#N)c56)c(F)c4n2)OCC2N3CCCC2(C)O)C1. The van der Waals surface area contributed by atoms with Gasteiger partial charge in [-0.2, -0.15) is 15.2 Å². The molecular formula is C33H33ClF2N6O3S. The Hall–Kier alpha value is -3.50. The normalized spacial score (nSPS) is 27.4. The molecule has 13 heteroatoms. The number of ether oxygens (including phenoxy) is 2. The summed E-state index contributed by atoms with van der Waals surface area (Å²) in [5.41, 5.74) is 4.95. The summed E-state index contributed by atoms with van der Waals surface area (Å²) in [6, 6.07) is 4.17. The number of nitriles is 1. The Kier molecular flexibility index (Phi) is 6.82. The highest BCUT2D eigenvalue weighted by Crippen LogP contribution is 2.52. The van der Waals surface area contributed by atoms with Crippen molar-refractivity contribution in [1.82, 2.24) is 14.9 Å². The topological polar surface area (TPSA) is 121 Å². The molecule has 0 saturated carbocycles. The quantitative estimate of drug-likeness (QED) is 0.260. The Morgan fingerprint density at radius 1 is 1.24 bits per heavy atom. The number of nitrogen functional groups attached to an aromatic ring is 1. The predicted octanol–water partition coefficient (Wildman–Crippen LogP) is 6.26. The summed E-state index contributed by atoms with van der Waals surface area (Å²) in [6.07, 6.45) is 4.34. The van der Waals surface area contributed by atoms with Crippen molar-refractivity contribution in [3.05, 3.63) is 34.4 Å². The Balaban J connectivity index is 1.36. The van der Waals surface area contributed by atoms with Crippen molar-refractivity contribution in [1.29, 1.82) is 5.26 Å². The fraction of sp³-hybridized carbons (Fsp3) is 0.485. The molecule has 0 spiro atoms. The van der Waals surface area contributed by atoms with E-state index < -0.39 is 23.3 Å². The molecule has 2 aromatic heterocycles. The Morgan fingerprint density at radius 3 is 2.85 bits per heavy atom. The van der Waals surface area contributed by atoms with E-state index in [0.29, 0.717) is 37.7 Å². The van der Waals surface area contributed by atoms with Crippen molar-refractivity contribution in [3.63, 3.8) is 0 Å². The van der Waals surface area contributed by atoms with Crippen LogP contribution in [-0.2, 0) is 0 Å². The van der Waals surface area contributed by atoms with Gasteiger partial charge in [-0.05, 0) is 63.1 Å². The van der Waals surface area contributed by atoms with Gasteiger partial charge in [0, 0.05) is 24.0 Å². The van der Waals surface area contributed by atoms with Gasteiger partial charge in [-0.1, -0.05) is 24.6 Å². The number of anilines is 2. The number of benzene rings is 2. The van der Waals surface area contributed by atoms with Crippen molar-refractivity contribution in [3.8, 4) is 29.0 Å². The molecule has 0 bridgehead atoms. The third-order valence-corrected chi connectivity index (χ3v) is 11.8. The summed E-state index contributed by atoms with van der Waals surface area (Å²) in [5.74, 6) is -0.276. The van der Waals surface area contributed by atoms with Crippen LogP contribution >= 0.6 is 22.9 Å². The van der Waals surface area contributed by atoms with Gasteiger partial charge in [-0.15, -0.1) is 11.3 Å². The molecule has 240 valence electrons. The molecule has 4 aliphatic heterocycles. The van der Waals surface area contributed by atoms with Crippen LogP contribution < -0.4 is 20.1 Å². The Bertz CT molecular complexity index is 1980. The van der Waals surface area contributed by atoms with Crippen molar-refractivity contribution in [2.75, 3.05) is 43.5 Å². The number of halogens is 3. The average molecular weight is 667 g/mol. The number of thiophene rings is 1. The van der Waals surface area contributed by atoms with Gasteiger partial charge < -0.3 is 25.2 Å². The smallest absolute Gasteiger partial charge is 0.319 e. The number of aromatic nitrogens is 2. The molecular weight excluding hydrogens is 634 g/mol. The molecule has 2 aromatic carbocycles. The second-order valence-corrected chi connectivity index (χ2v) is 14.9. The summed E-state index contributed by atoms with van der Waals surface area (Å²) in [7, 11) is 0. The number of aliphatic hydroxyl groups is 1. The van der Waals surface area contributed by atoms with Crippen LogP contribution in [0, 0.1) is 28.9 Å². The highest BCUT2D eigenvalue weighted by Gasteiger charge is 2.48. The lowest BCUT2D eigenvalue weighted by Crippen LogP contribution is -2.58. The molecule has 46 heavy (non-hydrogen) atoms. The second-order valence-electron chi connectivity index (χ2n) is 13.5. The molecule has 4 atom stereocenters. The molecule has 3 N–H and O–H groups in total. The van der Waals surface area contributed by atoms with Gasteiger partial charge in [0.1, 0.15) is 41.4 Å². The largest absolute Gasteiger partial charge is 0.489 e. The first kappa shape index (κ1) is 29.9. The molecule has 0 radical (unpaired) electrons. The van der Waals surface area contributed by atoms with E-state index in [2.05, 4.69) is 16.8 Å². The molecule has 0 aliphatic carbocycles.